The summed E-state index contributed by atoms with van der Waals surface area (Å²) in [7, 11) is 0. The highest BCUT2D eigenvalue weighted by Gasteiger charge is 2.34. The highest BCUT2D eigenvalue weighted by molar-refractivity contribution is 8.08. The molecule has 5 nitrogen and oxygen atoms in total. The molecule has 2 aliphatic heterocycles. The van der Waals surface area contributed by atoms with Crippen molar-refractivity contribution in [2.45, 2.75) is 10.9 Å². The quantitative estimate of drug-likeness (QED) is 0.568. The Bertz CT molecular complexity index is 1150. The summed E-state index contributed by atoms with van der Waals surface area (Å²) in [5, 5.41) is 15.6. The van der Waals surface area contributed by atoms with Gasteiger partial charge in [-0.1, -0.05) is 66.4 Å². The number of para-hydroxylation sites is 1. The number of hydrogen-bond acceptors (Lipinski definition) is 4. The number of phenols is 1. The van der Waals surface area contributed by atoms with Gasteiger partial charge < -0.3 is 10.4 Å². The lowest BCUT2D eigenvalue weighted by molar-refractivity contribution is 0.241. The van der Waals surface area contributed by atoms with Crippen molar-refractivity contribution in [1.29, 1.82) is 0 Å². The number of aromatic hydroxyl groups is 1. The molecule has 1 saturated heterocycles. The van der Waals surface area contributed by atoms with Gasteiger partial charge in [-0.2, -0.15) is 0 Å². The Hall–Kier alpha value is -3.51. The number of phenolic OH excluding ortho intramolecular Hbond substituents is 1. The molecule has 5 rings (SSSR count). The van der Waals surface area contributed by atoms with Gasteiger partial charge in [0.05, 0.1) is 11.7 Å². The molecule has 1 fully saturated rings. The minimum Gasteiger partial charge on any atom is -0.508 e. The van der Waals surface area contributed by atoms with E-state index in [0.29, 0.717) is 5.84 Å². The molecule has 0 radical (unpaired) electrons. The maximum absolute atomic E-state index is 12.5. The van der Waals surface area contributed by atoms with Gasteiger partial charge >= 0.3 is 6.03 Å². The number of carbonyl (C=O) groups excluding carboxylic acids is 1. The summed E-state index contributed by atoms with van der Waals surface area (Å²) in [6, 6.07) is 24.2. The predicted molar refractivity (Wildman–Crippen MR) is 115 cm³/mol. The van der Waals surface area contributed by atoms with Crippen molar-refractivity contribution in [1.82, 2.24) is 10.6 Å². The van der Waals surface area contributed by atoms with Crippen LogP contribution in [-0.4, -0.2) is 17.0 Å². The van der Waals surface area contributed by atoms with Crippen LogP contribution in [0.1, 0.15) is 17.2 Å². The molecule has 3 N–H and O–H groups in total. The maximum Gasteiger partial charge on any atom is 0.321 e. The standard InChI is InChI=1S/C23H17N3O2S/c27-16-12-10-14(11-13-16)20-19-21(15-6-2-1-3-7-15)29-18-9-5-4-8-17(18)24-22(19)26-23(28)25-20/h1-13,20,27H,(H2,24,25,26,28)/t20-/m0/s1. The van der Waals surface area contributed by atoms with Crippen LogP contribution in [0.5, 0.6) is 5.75 Å². The Morgan fingerprint density at radius 3 is 2.41 bits per heavy atom. The Labute approximate surface area is 172 Å². The van der Waals surface area contributed by atoms with Gasteiger partial charge in [0.2, 0.25) is 0 Å². The summed E-state index contributed by atoms with van der Waals surface area (Å²) in [6.07, 6.45) is 0. The molecular formula is C23H17N3O2S. The first-order valence-electron chi connectivity index (χ1n) is 9.21. The molecule has 2 amide bonds. The zero-order valence-corrected chi connectivity index (χ0v) is 16.1. The fourth-order valence-electron chi connectivity index (χ4n) is 3.52. The number of benzene rings is 3. The molecule has 0 aromatic heterocycles. The van der Waals surface area contributed by atoms with E-state index in [9.17, 15) is 9.90 Å². The van der Waals surface area contributed by atoms with Crippen LogP contribution >= 0.6 is 11.8 Å². The normalized spacial score (nSPS) is 18.0. The first kappa shape index (κ1) is 17.6. The van der Waals surface area contributed by atoms with Crippen molar-refractivity contribution >= 4 is 34.2 Å². The van der Waals surface area contributed by atoms with Crippen LogP contribution in [0.3, 0.4) is 0 Å². The Morgan fingerprint density at radius 1 is 0.897 bits per heavy atom. The number of aliphatic imine (C=N–C) groups is 1. The molecule has 3 aromatic rings. The number of amides is 2. The van der Waals surface area contributed by atoms with Gasteiger partial charge in [0.25, 0.3) is 0 Å². The van der Waals surface area contributed by atoms with E-state index in [2.05, 4.69) is 22.8 Å². The summed E-state index contributed by atoms with van der Waals surface area (Å²) >= 11 is 1.64. The lowest BCUT2D eigenvalue weighted by Gasteiger charge is -2.30. The van der Waals surface area contributed by atoms with Crippen molar-refractivity contribution in [2.24, 2.45) is 4.99 Å². The highest BCUT2D eigenvalue weighted by atomic mass is 32.2. The number of urea groups is 1. The monoisotopic (exact) mass is 399 g/mol. The molecule has 3 aromatic carbocycles. The van der Waals surface area contributed by atoms with Crippen LogP contribution in [0, 0.1) is 0 Å². The second-order valence-electron chi connectivity index (χ2n) is 6.76. The summed E-state index contributed by atoms with van der Waals surface area (Å²) in [5.74, 6) is 0.728. The Morgan fingerprint density at radius 2 is 1.62 bits per heavy atom. The van der Waals surface area contributed by atoms with Crippen LogP contribution in [-0.2, 0) is 0 Å². The third-order valence-electron chi connectivity index (χ3n) is 4.87. The van der Waals surface area contributed by atoms with Crippen LogP contribution in [0.15, 0.2) is 94.3 Å². The molecule has 0 unspecified atom stereocenters. The van der Waals surface area contributed by atoms with Crippen LogP contribution in [0.2, 0.25) is 0 Å². The van der Waals surface area contributed by atoms with E-state index >= 15 is 0 Å². The molecule has 2 heterocycles. The van der Waals surface area contributed by atoms with Gasteiger partial charge in [-0.3, -0.25) is 5.32 Å². The number of rotatable bonds is 2. The smallest absolute Gasteiger partial charge is 0.321 e. The number of nitrogens with one attached hydrogen (secondary N) is 2. The zero-order chi connectivity index (χ0) is 19.8. The van der Waals surface area contributed by atoms with Gasteiger partial charge in [0, 0.05) is 15.4 Å². The van der Waals surface area contributed by atoms with Crippen molar-refractivity contribution in [3.8, 4) is 5.75 Å². The molecule has 0 saturated carbocycles. The fourth-order valence-corrected chi connectivity index (χ4v) is 4.68. The average molecular weight is 399 g/mol. The van der Waals surface area contributed by atoms with Crippen molar-refractivity contribution in [2.75, 3.05) is 0 Å². The van der Waals surface area contributed by atoms with Gasteiger partial charge in [-0.25, -0.2) is 9.79 Å². The summed E-state index contributed by atoms with van der Waals surface area (Å²) < 4.78 is 0. The number of amidine groups is 1. The lowest BCUT2D eigenvalue weighted by atomic mass is 9.93. The first-order chi connectivity index (χ1) is 14.2. The number of fused-ring (bicyclic) bond motifs is 2. The third kappa shape index (κ3) is 3.28. The molecule has 29 heavy (non-hydrogen) atoms. The molecule has 142 valence electrons. The Balaban J connectivity index is 1.77. The van der Waals surface area contributed by atoms with E-state index in [0.717, 1.165) is 32.2 Å². The molecular weight excluding hydrogens is 382 g/mol. The third-order valence-corrected chi connectivity index (χ3v) is 6.09. The zero-order valence-electron chi connectivity index (χ0n) is 15.3. The van der Waals surface area contributed by atoms with Crippen LogP contribution in [0.4, 0.5) is 10.5 Å². The van der Waals surface area contributed by atoms with E-state index < -0.39 is 0 Å². The van der Waals surface area contributed by atoms with E-state index in [1.807, 2.05) is 54.6 Å². The number of hydrogen-bond donors (Lipinski definition) is 3. The Kier molecular flexibility index (Phi) is 4.33. The minimum absolute atomic E-state index is 0.183. The molecule has 1 atom stereocenters. The van der Waals surface area contributed by atoms with Gasteiger partial charge in [-0.15, -0.1) is 0 Å². The predicted octanol–water partition coefficient (Wildman–Crippen LogP) is 4.99. The van der Waals surface area contributed by atoms with Gasteiger partial charge in [-0.05, 0) is 35.4 Å². The topological polar surface area (TPSA) is 73.7 Å². The number of thioether (sulfide) groups is 1. The number of carbonyl (C=O) groups is 1. The summed E-state index contributed by atoms with van der Waals surface area (Å²) in [5.41, 5.74) is 3.66. The van der Waals surface area contributed by atoms with Crippen molar-refractivity contribution in [3.63, 3.8) is 0 Å². The van der Waals surface area contributed by atoms with Crippen molar-refractivity contribution in [3.05, 3.63) is 95.6 Å². The lowest BCUT2D eigenvalue weighted by Crippen LogP contribution is -2.50. The molecule has 0 bridgehead atoms. The highest BCUT2D eigenvalue weighted by Crippen LogP contribution is 2.47. The molecule has 6 heteroatoms. The van der Waals surface area contributed by atoms with E-state index in [1.165, 1.54) is 0 Å². The summed E-state index contributed by atoms with van der Waals surface area (Å²) in [4.78, 5) is 19.3. The second kappa shape index (κ2) is 7.14. The molecule has 0 aliphatic carbocycles. The van der Waals surface area contributed by atoms with Crippen LogP contribution < -0.4 is 10.6 Å². The minimum atomic E-state index is -0.389. The van der Waals surface area contributed by atoms with E-state index in [-0.39, 0.29) is 17.8 Å². The molecule has 2 aliphatic rings. The fraction of sp³-hybridized carbons (Fsp3) is 0.0435. The van der Waals surface area contributed by atoms with Crippen molar-refractivity contribution < 1.29 is 9.90 Å². The van der Waals surface area contributed by atoms with Gasteiger partial charge in [0.1, 0.15) is 11.6 Å². The van der Waals surface area contributed by atoms with Gasteiger partial charge in [0.15, 0.2) is 0 Å². The molecule has 0 spiro atoms. The average Bonchev–Trinajstić information content (AvgIpc) is 2.91. The van der Waals surface area contributed by atoms with Crippen LogP contribution in [0.25, 0.3) is 4.91 Å². The van der Waals surface area contributed by atoms with E-state index in [4.69, 9.17) is 4.99 Å². The first-order valence-corrected chi connectivity index (χ1v) is 10.0. The maximum atomic E-state index is 12.5. The number of nitrogens with zero attached hydrogens (tertiary/aromatic N) is 1. The SMILES string of the molecule is O=C1NC2=Nc3ccccc3SC(c3ccccc3)=C2[C@H](c2ccc(O)cc2)N1. The summed E-state index contributed by atoms with van der Waals surface area (Å²) in [6.45, 7) is 0. The second-order valence-corrected chi connectivity index (χ2v) is 7.81. The van der Waals surface area contributed by atoms with E-state index in [1.54, 1.807) is 23.9 Å². The largest absolute Gasteiger partial charge is 0.508 e.